The molecule has 2 heterocycles. The molecule has 92 valence electrons. The molecule has 2 rings (SSSR count). The second kappa shape index (κ2) is 4.63. The van der Waals surface area contributed by atoms with E-state index in [4.69, 9.17) is 0 Å². The van der Waals surface area contributed by atoms with Crippen molar-refractivity contribution in [2.45, 2.75) is 18.4 Å². The van der Waals surface area contributed by atoms with Crippen LogP contribution in [0.1, 0.15) is 11.6 Å². The number of rotatable bonds is 5. The lowest BCUT2D eigenvalue weighted by molar-refractivity contribution is 0.409. The van der Waals surface area contributed by atoms with Gasteiger partial charge in [0, 0.05) is 13.0 Å². The number of aromatic amines is 1. The molecule has 0 spiro atoms. The fraction of sp³-hybridized carbons (Fsp3) is 0.375. The van der Waals surface area contributed by atoms with Crippen LogP contribution >= 0.6 is 0 Å². The first-order valence-electron chi connectivity index (χ1n) is 4.84. The summed E-state index contributed by atoms with van der Waals surface area (Å²) in [7, 11) is -3.55. The number of H-pyrrole nitrogens is 1. The van der Waals surface area contributed by atoms with Crippen molar-refractivity contribution in [2.24, 2.45) is 0 Å². The minimum absolute atomic E-state index is 0.0445. The quantitative estimate of drug-likeness (QED) is 0.754. The molecule has 17 heavy (non-hydrogen) atoms. The number of aromatic nitrogens is 4. The maximum atomic E-state index is 11.7. The van der Waals surface area contributed by atoms with Crippen LogP contribution in [0.2, 0.25) is 0 Å². The van der Waals surface area contributed by atoms with E-state index in [0.29, 0.717) is 18.1 Å². The minimum atomic E-state index is -3.55. The maximum Gasteiger partial charge on any atom is 0.257 e. The Balaban J connectivity index is 1.94. The monoisotopic (exact) mass is 257 g/mol. The molecule has 2 aromatic rings. The van der Waals surface area contributed by atoms with Gasteiger partial charge in [0.2, 0.25) is 6.39 Å². The fourth-order valence-electron chi connectivity index (χ4n) is 1.21. The van der Waals surface area contributed by atoms with Gasteiger partial charge in [-0.3, -0.25) is 0 Å². The third-order valence-electron chi connectivity index (χ3n) is 2.02. The van der Waals surface area contributed by atoms with Gasteiger partial charge >= 0.3 is 0 Å². The largest absolute Gasteiger partial charge is 0.343 e. The SMILES string of the molecule is Cc1ncc(S(=O)(=O)NCCc2ncon2)[nH]1. The Labute approximate surface area is 97.5 Å². The highest BCUT2D eigenvalue weighted by Crippen LogP contribution is 2.04. The van der Waals surface area contributed by atoms with Crippen molar-refractivity contribution in [3.05, 3.63) is 24.2 Å². The molecule has 2 aromatic heterocycles. The molecule has 0 unspecified atom stereocenters. The molecule has 0 fully saturated rings. The van der Waals surface area contributed by atoms with E-state index in [1.165, 1.54) is 12.6 Å². The molecule has 0 saturated heterocycles. The standard InChI is InChI=1S/C8H11N5O3S/c1-6-9-4-8(12-6)17(14,15)11-3-2-7-10-5-16-13-7/h4-5,11H,2-3H2,1H3,(H,9,12). The summed E-state index contributed by atoms with van der Waals surface area (Å²) in [5, 5.41) is 3.62. The van der Waals surface area contributed by atoms with Crippen LogP contribution in [0.3, 0.4) is 0 Å². The van der Waals surface area contributed by atoms with Crippen molar-refractivity contribution in [3.63, 3.8) is 0 Å². The highest BCUT2D eigenvalue weighted by atomic mass is 32.2. The zero-order valence-corrected chi connectivity index (χ0v) is 9.86. The first-order valence-corrected chi connectivity index (χ1v) is 6.33. The molecule has 0 aliphatic heterocycles. The molecule has 0 aromatic carbocycles. The smallest absolute Gasteiger partial charge is 0.257 e. The van der Waals surface area contributed by atoms with Crippen molar-refractivity contribution >= 4 is 10.0 Å². The van der Waals surface area contributed by atoms with Crippen LogP contribution in [-0.4, -0.2) is 35.1 Å². The number of nitrogens with zero attached hydrogens (tertiary/aromatic N) is 3. The number of aryl methyl sites for hydroxylation is 1. The summed E-state index contributed by atoms with van der Waals surface area (Å²) < 4.78 is 30.4. The first-order chi connectivity index (χ1) is 8.08. The van der Waals surface area contributed by atoms with E-state index in [1.807, 2.05) is 0 Å². The second-order valence-corrected chi connectivity index (χ2v) is 5.06. The average molecular weight is 257 g/mol. The predicted octanol–water partition coefficient (Wildman–Crippen LogP) is -0.378. The van der Waals surface area contributed by atoms with Gasteiger partial charge < -0.3 is 9.51 Å². The summed E-state index contributed by atoms with van der Waals surface area (Å²) >= 11 is 0. The van der Waals surface area contributed by atoms with Crippen molar-refractivity contribution in [2.75, 3.05) is 6.54 Å². The third-order valence-corrected chi connectivity index (χ3v) is 3.39. The molecular formula is C8H11N5O3S. The Hall–Kier alpha value is -1.74. The van der Waals surface area contributed by atoms with Crippen LogP contribution < -0.4 is 4.72 Å². The van der Waals surface area contributed by atoms with Gasteiger partial charge in [-0.15, -0.1) is 0 Å². The highest BCUT2D eigenvalue weighted by molar-refractivity contribution is 7.89. The lowest BCUT2D eigenvalue weighted by Gasteiger charge is -2.02. The summed E-state index contributed by atoms with van der Waals surface area (Å²) in [6.45, 7) is 1.87. The van der Waals surface area contributed by atoms with Gasteiger partial charge in [-0.2, -0.15) is 4.98 Å². The van der Waals surface area contributed by atoms with Crippen LogP contribution in [-0.2, 0) is 16.4 Å². The summed E-state index contributed by atoms with van der Waals surface area (Å²) in [5.41, 5.74) is 0. The van der Waals surface area contributed by atoms with Crippen LogP contribution in [0.15, 0.2) is 22.1 Å². The van der Waals surface area contributed by atoms with Gasteiger partial charge in [0.15, 0.2) is 10.9 Å². The Morgan fingerprint density at radius 3 is 2.88 bits per heavy atom. The van der Waals surface area contributed by atoms with E-state index >= 15 is 0 Å². The number of imidazole rings is 1. The third kappa shape index (κ3) is 2.88. The van der Waals surface area contributed by atoms with E-state index in [-0.39, 0.29) is 11.6 Å². The molecule has 0 aliphatic carbocycles. The van der Waals surface area contributed by atoms with Crippen LogP contribution in [0.5, 0.6) is 0 Å². The molecule has 9 heteroatoms. The molecule has 0 atom stereocenters. The lowest BCUT2D eigenvalue weighted by Crippen LogP contribution is -2.26. The van der Waals surface area contributed by atoms with Crippen LogP contribution in [0.4, 0.5) is 0 Å². The summed E-state index contributed by atoms with van der Waals surface area (Å²) in [6, 6.07) is 0. The highest BCUT2D eigenvalue weighted by Gasteiger charge is 2.15. The molecule has 0 amide bonds. The lowest BCUT2D eigenvalue weighted by atomic mass is 10.4. The van der Waals surface area contributed by atoms with E-state index < -0.39 is 10.0 Å². The van der Waals surface area contributed by atoms with Gasteiger partial charge in [0.1, 0.15) is 5.82 Å². The summed E-state index contributed by atoms with van der Waals surface area (Å²) in [5.74, 6) is 0.997. The fourth-order valence-corrected chi connectivity index (χ4v) is 2.21. The zero-order valence-electron chi connectivity index (χ0n) is 9.04. The van der Waals surface area contributed by atoms with Gasteiger partial charge in [-0.25, -0.2) is 18.1 Å². The number of nitrogens with one attached hydrogen (secondary N) is 2. The molecule has 0 saturated carbocycles. The molecular weight excluding hydrogens is 246 g/mol. The Kier molecular flexibility index (Phi) is 3.20. The zero-order chi connectivity index (χ0) is 12.3. The Morgan fingerprint density at radius 1 is 1.47 bits per heavy atom. The van der Waals surface area contributed by atoms with Crippen LogP contribution in [0.25, 0.3) is 0 Å². The van der Waals surface area contributed by atoms with Gasteiger partial charge in [0.05, 0.1) is 6.20 Å². The second-order valence-electron chi connectivity index (χ2n) is 3.33. The predicted molar refractivity (Wildman–Crippen MR) is 56.5 cm³/mol. The van der Waals surface area contributed by atoms with Gasteiger partial charge in [0.25, 0.3) is 10.0 Å². The number of sulfonamides is 1. The van der Waals surface area contributed by atoms with Gasteiger partial charge in [-0.1, -0.05) is 5.16 Å². The molecule has 0 bridgehead atoms. The molecule has 0 aliphatic rings. The molecule has 0 radical (unpaired) electrons. The number of hydrogen-bond acceptors (Lipinski definition) is 6. The van der Waals surface area contributed by atoms with E-state index in [1.54, 1.807) is 6.92 Å². The Bertz CT molecular complexity index is 574. The number of hydrogen-bond donors (Lipinski definition) is 2. The Morgan fingerprint density at radius 2 is 2.29 bits per heavy atom. The average Bonchev–Trinajstić information content (AvgIpc) is 2.89. The molecule has 8 nitrogen and oxygen atoms in total. The van der Waals surface area contributed by atoms with E-state index in [0.717, 1.165) is 0 Å². The normalized spacial score (nSPS) is 11.8. The van der Waals surface area contributed by atoms with E-state index in [2.05, 4.69) is 29.4 Å². The summed E-state index contributed by atoms with van der Waals surface area (Å²) in [6.07, 6.45) is 2.83. The van der Waals surface area contributed by atoms with Crippen molar-refractivity contribution in [3.8, 4) is 0 Å². The van der Waals surface area contributed by atoms with Crippen molar-refractivity contribution in [1.29, 1.82) is 0 Å². The summed E-state index contributed by atoms with van der Waals surface area (Å²) in [4.78, 5) is 10.3. The minimum Gasteiger partial charge on any atom is -0.343 e. The van der Waals surface area contributed by atoms with Crippen LogP contribution in [0, 0.1) is 6.92 Å². The van der Waals surface area contributed by atoms with Crippen molar-refractivity contribution < 1.29 is 12.9 Å². The first kappa shape index (κ1) is 11.7. The molecule has 2 N–H and O–H groups in total. The van der Waals surface area contributed by atoms with Gasteiger partial charge in [-0.05, 0) is 6.92 Å². The topological polar surface area (TPSA) is 114 Å². The maximum absolute atomic E-state index is 11.7. The van der Waals surface area contributed by atoms with Crippen molar-refractivity contribution in [1.82, 2.24) is 24.8 Å². The van der Waals surface area contributed by atoms with E-state index in [9.17, 15) is 8.42 Å².